The summed E-state index contributed by atoms with van der Waals surface area (Å²) in [7, 11) is 0. The third kappa shape index (κ3) is 6.19. The number of nitrogens with zero attached hydrogens (tertiary/aromatic N) is 2. The van der Waals surface area contributed by atoms with Crippen molar-refractivity contribution in [3.8, 4) is 39.1 Å². The second-order valence-corrected chi connectivity index (χ2v) is 18.7. The average molecular weight is 885 g/mol. The van der Waals surface area contributed by atoms with Crippen molar-refractivity contribution in [1.29, 1.82) is 0 Å². The summed E-state index contributed by atoms with van der Waals surface area (Å²) in [5.41, 5.74) is 15.6. The zero-order chi connectivity index (χ0) is 44.7. The maximum Gasteiger partial charge on any atom is 0.143 e. The fraction of sp³-hybridized carbons (Fsp3) is 0. The first kappa shape index (κ1) is 38.6. The highest BCUT2D eigenvalue weighted by Gasteiger charge is 2.18. The molecule has 68 heavy (non-hydrogen) atoms. The van der Waals surface area contributed by atoms with Crippen molar-refractivity contribution in [2.75, 3.05) is 4.90 Å². The molecule has 0 fully saturated rings. The van der Waals surface area contributed by atoms with E-state index in [2.05, 4.69) is 252 Å². The number of anilines is 3. The molecular formula is C64H40N2OS. The van der Waals surface area contributed by atoms with E-state index >= 15 is 0 Å². The normalized spacial score (nSPS) is 11.8. The van der Waals surface area contributed by atoms with E-state index in [9.17, 15) is 0 Å². The van der Waals surface area contributed by atoms with E-state index in [0.29, 0.717) is 0 Å². The minimum atomic E-state index is 0.895. The quantitative estimate of drug-likeness (QED) is 0.159. The van der Waals surface area contributed by atoms with Gasteiger partial charge in [0.15, 0.2) is 0 Å². The van der Waals surface area contributed by atoms with Gasteiger partial charge in [-0.25, -0.2) is 0 Å². The lowest BCUT2D eigenvalue weighted by molar-refractivity contribution is 0.673. The molecule has 0 N–H and O–H groups in total. The predicted molar refractivity (Wildman–Crippen MR) is 289 cm³/mol. The summed E-state index contributed by atoms with van der Waals surface area (Å²) in [6, 6.07) is 88.1. The van der Waals surface area contributed by atoms with Crippen molar-refractivity contribution in [2.24, 2.45) is 0 Å². The number of rotatable bonds is 7. The highest BCUT2D eigenvalue weighted by Crippen LogP contribution is 2.43. The number of hydrogen-bond acceptors (Lipinski definition) is 3. The van der Waals surface area contributed by atoms with Crippen LogP contribution in [-0.2, 0) is 0 Å². The molecule has 0 unspecified atom stereocenters. The number of aromatic nitrogens is 1. The molecule has 0 saturated heterocycles. The van der Waals surface area contributed by atoms with E-state index in [0.717, 1.165) is 66.8 Å². The Hall–Kier alpha value is -8.70. The summed E-state index contributed by atoms with van der Waals surface area (Å²) in [5.74, 6) is 0. The Bertz CT molecular complexity index is 4200. The maximum absolute atomic E-state index is 6.57. The fourth-order valence-electron chi connectivity index (χ4n) is 10.6. The molecule has 0 radical (unpaired) electrons. The Morgan fingerprint density at radius 3 is 1.60 bits per heavy atom. The lowest BCUT2D eigenvalue weighted by Crippen LogP contribution is -2.09. The average Bonchev–Trinajstić information content (AvgIpc) is 4.09. The smallest absolute Gasteiger partial charge is 0.143 e. The summed E-state index contributed by atoms with van der Waals surface area (Å²) in [4.78, 5) is 2.36. The summed E-state index contributed by atoms with van der Waals surface area (Å²) in [6.07, 6.45) is 0. The predicted octanol–water partition coefficient (Wildman–Crippen LogP) is 18.7. The molecule has 0 atom stereocenters. The van der Waals surface area contributed by atoms with E-state index in [1.165, 1.54) is 64.1 Å². The van der Waals surface area contributed by atoms with Crippen LogP contribution in [0.15, 0.2) is 247 Å². The topological polar surface area (TPSA) is 21.3 Å². The molecule has 3 heterocycles. The standard InChI is InChI=1S/C64H40N2OS/c1-2-14-52-43(11-1)29-38-57-63-51(18-10-21-60(63)67-64(52)57)44-27-35-49(36-28-44)65(48-33-25-42(26-34-48)46-30-37-56-55-17-5-8-22-61(55)68-62(56)40-46)47-31-23-41(24-32-47)45-12-9-13-50(39-45)66-58-19-6-3-15-53(58)54-16-4-7-20-59(54)66/h1-40H. The van der Waals surface area contributed by atoms with Gasteiger partial charge in [0.1, 0.15) is 11.2 Å². The number of fused-ring (bicyclic) bond motifs is 11. The number of furan rings is 1. The summed E-state index contributed by atoms with van der Waals surface area (Å²) >= 11 is 1.86. The van der Waals surface area contributed by atoms with Crippen molar-refractivity contribution in [2.45, 2.75) is 0 Å². The van der Waals surface area contributed by atoms with Crippen LogP contribution in [0.3, 0.4) is 0 Å². The molecular weight excluding hydrogens is 845 g/mol. The van der Waals surface area contributed by atoms with E-state index < -0.39 is 0 Å². The Morgan fingerprint density at radius 2 is 0.897 bits per heavy atom. The number of hydrogen-bond donors (Lipinski definition) is 0. The van der Waals surface area contributed by atoms with Crippen LogP contribution in [0.1, 0.15) is 0 Å². The third-order valence-electron chi connectivity index (χ3n) is 13.8. The lowest BCUT2D eigenvalue weighted by Gasteiger charge is -2.26. The van der Waals surface area contributed by atoms with Gasteiger partial charge >= 0.3 is 0 Å². The second kappa shape index (κ2) is 15.5. The Labute approximate surface area is 396 Å². The molecule has 14 aromatic rings. The third-order valence-corrected chi connectivity index (χ3v) is 14.9. The zero-order valence-corrected chi connectivity index (χ0v) is 37.6. The molecule has 3 aromatic heterocycles. The van der Waals surface area contributed by atoms with Gasteiger partial charge in [0.2, 0.25) is 0 Å². The van der Waals surface area contributed by atoms with E-state index in [4.69, 9.17) is 4.42 Å². The van der Waals surface area contributed by atoms with Crippen molar-refractivity contribution in [3.05, 3.63) is 243 Å². The van der Waals surface area contributed by atoms with Crippen LogP contribution in [0.2, 0.25) is 0 Å². The molecule has 14 rings (SSSR count). The minimum absolute atomic E-state index is 0.895. The number of para-hydroxylation sites is 2. The minimum Gasteiger partial charge on any atom is -0.455 e. The number of benzene rings is 11. The van der Waals surface area contributed by atoms with Gasteiger partial charge in [0.25, 0.3) is 0 Å². The largest absolute Gasteiger partial charge is 0.455 e. The van der Waals surface area contributed by atoms with Gasteiger partial charge in [0.05, 0.1) is 11.0 Å². The van der Waals surface area contributed by atoms with Crippen LogP contribution in [-0.4, -0.2) is 4.57 Å². The van der Waals surface area contributed by atoms with E-state index in [1.54, 1.807) is 0 Å². The van der Waals surface area contributed by atoms with Gasteiger partial charge in [-0.3, -0.25) is 0 Å². The molecule has 0 aliphatic carbocycles. The van der Waals surface area contributed by atoms with Crippen LogP contribution in [0.5, 0.6) is 0 Å². The second-order valence-electron chi connectivity index (χ2n) is 17.6. The zero-order valence-electron chi connectivity index (χ0n) is 36.8. The Morgan fingerprint density at radius 1 is 0.353 bits per heavy atom. The molecule has 3 nitrogen and oxygen atoms in total. The maximum atomic E-state index is 6.57. The molecule has 318 valence electrons. The van der Waals surface area contributed by atoms with Gasteiger partial charge in [-0.2, -0.15) is 0 Å². The number of thiophene rings is 1. The van der Waals surface area contributed by atoms with Crippen LogP contribution in [0, 0.1) is 0 Å². The monoisotopic (exact) mass is 884 g/mol. The van der Waals surface area contributed by atoms with Gasteiger partial charge in [0, 0.05) is 69.9 Å². The molecule has 0 amide bonds. The first-order chi connectivity index (χ1) is 33.7. The molecule has 4 heteroatoms. The highest BCUT2D eigenvalue weighted by atomic mass is 32.1. The van der Waals surface area contributed by atoms with Crippen LogP contribution in [0.4, 0.5) is 17.1 Å². The van der Waals surface area contributed by atoms with Crippen LogP contribution < -0.4 is 4.90 Å². The first-order valence-electron chi connectivity index (χ1n) is 23.1. The van der Waals surface area contributed by atoms with Crippen LogP contribution >= 0.6 is 11.3 Å². The summed E-state index contributed by atoms with van der Waals surface area (Å²) in [5, 5.41) is 9.74. The van der Waals surface area contributed by atoms with Crippen molar-refractivity contribution >= 4 is 103 Å². The van der Waals surface area contributed by atoms with Crippen molar-refractivity contribution < 1.29 is 4.42 Å². The van der Waals surface area contributed by atoms with Gasteiger partial charge in [-0.05, 0) is 124 Å². The fourth-order valence-corrected chi connectivity index (χ4v) is 11.7. The van der Waals surface area contributed by atoms with E-state index in [-0.39, 0.29) is 0 Å². The summed E-state index contributed by atoms with van der Waals surface area (Å²) in [6.45, 7) is 0. The van der Waals surface area contributed by atoms with E-state index in [1.807, 2.05) is 11.3 Å². The first-order valence-corrected chi connectivity index (χ1v) is 24.0. The highest BCUT2D eigenvalue weighted by molar-refractivity contribution is 7.25. The SMILES string of the molecule is c1cc(-c2ccc(N(c3ccc(-c4ccc5c(c4)sc4ccccc45)cc3)c3ccc(-c4cccc5oc6c7ccccc7ccc6c45)cc3)cc2)cc(-n2c3ccccc3c3ccccc32)c1. The molecule has 0 spiro atoms. The Balaban J connectivity index is 0.850. The van der Waals surface area contributed by atoms with Crippen molar-refractivity contribution in [3.63, 3.8) is 0 Å². The molecule has 0 bridgehead atoms. The Kier molecular flexibility index (Phi) is 8.76. The summed E-state index contributed by atoms with van der Waals surface area (Å²) < 4.78 is 11.6. The van der Waals surface area contributed by atoms with Gasteiger partial charge in [-0.15, -0.1) is 11.3 Å². The lowest BCUT2D eigenvalue weighted by atomic mass is 9.98. The molecule has 0 aliphatic rings. The molecule has 0 saturated carbocycles. The van der Waals surface area contributed by atoms with Gasteiger partial charge < -0.3 is 13.9 Å². The van der Waals surface area contributed by atoms with Crippen molar-refractivity contribution in [1.82, 2.24) is 4.57 Å². The molecule has 0 aliphatic heterocycles. The molecule has 11 aromatic carbocycles. The van der Waals surface area contributed by atoms with Crippen LogP contribution in [0.25, 0.3) is 114 Å². The van der Waals surface area contributed by atoms with Gasteiger partial charge in [-0.1, -0.05) is 158 Å².